The lowest BCUT2D eigenvalue weighted by Gasteiger charge is -2.34. The molecule has 0 radical (unpaired) electrons. The highest BCUT2D eigenvalue weighted by molar-refractivity contribution is 5.94. The van der Waals surface area contributed by atoms with E-state index in [-0.39, 0.29) is 5.91 Å². The minimum absolute atomic E-state index is 0.106. The second-order valence-corrected chi connectivity index (χ2v) is 6.18. The molecule has 1 aromatic rings. The van der Waals surface area contributed by atoms with Crippen LogP contribution >= 0.6 is 0 Å². The van der Waals surface area contributed by atoms with Crippen molar-refractivity contribution in [3.63, 3.8) is 0 Å². The fourth-order valence-electron chi connectivity index (χ4n) is 2.91. The molecule has 122 valence electrons. The average molecular weight is 305 g/mol. The molecule has 22 heavy (non-hydrogen) atoms. The van der Waals surface area contributed by atoms with Crippen LogP contribution in [0.15, 0.2) is 18.3 Å². The van der Waals surface area contributed by atoms with Gasteiger partial charge in [-0.2, -0.15) is 0 Å². The van der Waals surface area contributed by atoms with Crippen LogP contribution < -0.4 is 10.2 Å². The Morgan fingerprint density at radius 2 is 2.09 bits per heavy atom. The Labute approximate surface area is 133 Å². The van der Waals surface area contributed by atoms with Gasteiger partial charge >= 0.3 is 0 Å². The molecule has 5 heteroatoms. The van der Waals surface area contributed by atoms with Crippen molar-refractivity contribution >= 4 is 11.7 Å². The molecule has 1 saturated carbocycles. The number of methoxy groups -OCH3 is 1. The van der Waals surface area contributed by atoms with Crippen LogP contribution in [0.1, 0.15) is 43.0 Å². The van der Waals surface area contributed by atoms with E-state index in [4.69, 9.17) is 4.74 Å². The van der Waals surface area contributed by atoms with E-state index in [9.17, 15) is 4.79 Å². The van der Waals surface area contributed by atoms with Crippen LogP contribution in [-0.2, 0) is 4.74 Å². The summed E-state index contributed by atoms with van der Waals surface area (Å²) in [6.07, 6.45) is 6.67. The number of carbonyl (C=O) groups excluding carboxylic acids is 1. The molecule has 2 rings (SSSR count). The van der Waals surface area contributed by atoms with Gasteiger partial charge in [0, 0.05) is 32.9 Å². The number of hydrogen-bond acceptors (Lipinski definition) is 4. The van der Waals surface area contributed by atoms with Gasteiger partial charge in [0.1, 0.15) is 5.82 Å². The minimum atomic E-state index is -0.106. The first-order chi connectivity index (χ1) is 10.6. The maximum Gasteiger partial charge on any atom is 0.252 e. The molecule has 1 aliphatic rings. The van der Waals surface area contributed by atoms with Crippen LogP contribution in [0.2, 0.25) is 0 Å². The van der Waals surface area contributed by atoms with Crippen molar-refractivity contribution in [1.82, 2.24) is 10.3 Å². The van der Waals surface area contributed by atoms with Crippen LogP contribution in [0.4, 0.5) is 5.82 Å². The Morgan fingerprint density at radius 1 is 1.36 bits per heavy atom. The number of anilines is 1. The van der Waals surface area contributed by atoms with Gasteiger partial charge in [-0.1, -0.05) is 6.92 Å². The molecule has 0 saturated heterocycles. The highest BCUT2D eigenvalue weighted by atomic mass is 16.5. The number of pyridine rings is 1. The van der Waals surface area contributed by atoms with Crippen molar-refractivity contribution in [1.29, 1.82) is 0 Å². The molecule has 1 heterocycles. The predicted molar refractivity (Wildman–Crippen MR) is 88.3 cm³/mol. The van der Waals surface area contributed by atoms with Gasteiger partial charge in [-0.3, -0.25) is 4.79 Å². The van der Waals surface area contributed by atoms with Gasteiger partial charge in [0.15, 0.2) is 0 Å². The number of aromatic nitrogens is 1. The highest BCUT2D eigenvalue weighted by Gasteiger charge is 2.22. The summed E-state index contributed by atoms with van der Waals surface area (Å²) in [4.78, 5) is 18.6. The van der Waals surface area contributed by atoms with Crippen LogP contribution in [-0.4, -0.2) is 44.2 Å². The fraction of sp³-hybridized carbons (Fsp3) is 0.647. The van der Waals surface area contributed by atoms with Gasteiger partial charge in [-0.15, -0.1) is 0 Å². The predicted octanol–water partition coefficient (Wildman–Crippen LogP) is 2.47. The van der Waals surface area contributed by atoms with E-state index in [0.717, 1.165) is 11.7 Å². The molecule has 0 spiro atoms. The molecular formula is C17H27N3O2. The van der Waals surface area contributed by atoms with E-state index in [0.29, 0.717) is 24.8 Å². The molecule has 0 aliphatic heterocycles. The maximum absolute atomic E-state index is 11.9. The van der Waals surface area contributed by atoms with Crippen LogP contribution in [0, 0.1) is 5.92 Å². The first-order valence-electron chi connectivity index (χ1n) is 8.08. The first kappa shape index (κ1) is 16.7. The van der Waals surface area contributed by atoms with E-state index in [1.807, 2.05) is 12.1 Å². The minimum Gasteiger partial charge on any atom is -0.383 e. The quantitative estimate of drug-likeness (QED) is 0.820. The summed E-state index contributed by atoms with van der Waals surface area (Å²) in [6, 6.07) is 4.33. The number of carbonyl (C=O) groups is 1. The summed E-state index contributed by atoms with van der Waals surface area (Å²) >= 11 is 0. The van der Waals surface area contributed by atoms with E-state index in [1.54, 1.807) is 13.3 Å². The number of nitrogens with zero attached hydrogens (tertiary/aromatic N) is 2. The topological polar surface area (TPSA) is 54.5 Å². The van der Waals surface area contributed by atoms with E-state index < -0.39 is 0 Å². The molecule has 0 bridgehead atoms. The summed E-state index contributed by atoms with van der Waals surface area (Å²) < 4.78 is 4.92. The number of hydrogen-bond donors (Lipinski definition) is 1. The summed E-state index contributed by atoms with van der Waals surface area (Å²) in [5.74, 6) is 1.68. The normalized spacial score (nSPS) is 21.4. The highest BCUT2D eigenvalue weighted by Crippen LogP contribution is 2.28. The molecule has 0 aromatic carbocycles. The third-order valence-electron chi connectivity index (χ3n) is 4.50. The molecule has 1 N–H and O–H groups in total. The van der Waals surface area contributed by atoms with Crippen LogP contribution in [0.25, 0.3) is 0 Å². The number of rotatable bonds is 6. The molecule has 1 amide bonds. The Morgan fingerprint density at radius 3 is 2.68 bits per heavy atom. The zero-order valence-electron chi connectivity index (χ0n) is 13.8. The number of nitrogens with one attached hydrogen (secondary N) is 1. The van der Waals surface area contributed by atoms with Gasteiger partial charge in [0.25, 0.3) is 5.91 Å². The number of amides is 1. The zero-order chi connectivity index (χ0) is 15.9. The molecule has 0 atom stereocenters. The second kappa shape index (κ2) is 8.13. The van der Waals surface area contributed by atoms with Crippen molar-refractivity contribution in [2.75, 3.05) is 32.2 Å². The Hall–Kier alpha value is -1.62. The summed E-state index contributed by atoms with van der Waals surface area (Å²) in [7, 11) is 3.71. The summed E-state index contributed by atoms with van der Waals surface area (Å²) in [5.41, 5.74) is 0.588. The molecule has 1 fully saturated rings. The van der Waals surface area contributed by atoms with Crippen molar-refractivity contribution < 1.29 is 9.53 Å². The Kier molecular flexibility index (Phi) is 6.19. The maximum atomic E-state index is 11.9. The second-order valence-electron chi connectivity index (χ2n) is 6.18. The van der Waals surface area contributed by atoms with E-state index in [1.165, 1.54) is 25.7 Å². The van der Waals surface area contributed by atoms with Gasteiger partial charge in [0.05, 0.1) is 12.2 Å². The lowest BCUT2D eigenvalue weighted by molar-refractivity contribution is 0.0937. The van der Waals surface area contributed by atoms with Crippen LogP contribution in [0.3, 0.4) is 0 Å². The van der Waals surface area contributed by atoms with E-state index >= 15 is 0 Å². The lowest BCUT2D eigenvalue weighted by Crippen LogP contribution is -2.35. The molecule has 5 nitrogen and oxygen atoms in total. The van der Waals surface area contributed by atoms with Gasteiger partial charge < -0.3 is 15.0 Å². The molecule has 1 aliphatic carbocycles. The average Bonchev–Trinajstić information content (AvgIpc) is 2.55. The monoisotopic (exact) mass is 305 g/mol. The smallest absolute Gasteiger partial charge is 0.252 e. The number of ether oxygens (including phenoxy) is 1. The van der Waals surface area contributed by atoms with Crippen molar-refractivity contribution in [2.24, 2.45) is 5.92 Å². The molecular weight excluding hydrogens is 278 g/mol. The van der Waals surface area contributed by atoms with Crippen LogP contribution in [0.5, 0.6) is 0 Å². The van der Waals surface area contributed by atoms with Crippen molar-refractivity contribution in [3.05, 3.63) is 23.9 Å². The summed E-state index contributed by atoms with van der Waals surface area (Å²) in [5, 5.41) is 2.80. The molecule has 1 aromatic heterocycles. The zero-order valence-corrected chi connectivity index (χ0v) is 13.8. The standard InChI is InChI=1S/C17H27N3O2/c1-13-4-7-15(8-5-13)20(2)16-9-6-14(12-19-16)17(21)18-10-11-22-3/h6,9,12-13,15H,4-5,7-8,10-11H2,1-3H3,(H,18,21). The fourth-order valence-corrected chi connectivity index (χ4v) is 2.91. The van der Waals surface area contributed by atoms with Gasteiger partial charge in [-0.25, -0.2) is 4.98 Å². The van der Waals surface area contributed by atoms with Gasteiger partial charge in [-0.05, 0) is 43.7 Å². The van der Waals surface area contributed by atoms with Crippen molar-refractivity contribution in [3.8, 4) is 0 Å². The third kappa shape index (κ3) is 4.44. The Balaban J connectivity index is 1.92. The molecule has 0 unspecified atom stereocenters. The van der Waals surface area contributed by atoms with Gasteiger partial charge in [0.2, 0.25) is 0 Å². The summed E-state index contributed by atoms with van der Waals surface area (Å²) in [6.45, 7) is 3.35. The van der Waals surface area contributed by atoms with Crippen molar-refractivity contribution in [2.45, 2.75) is 38.6 Å². The first-order valence-corrected chi connectivity index (χ1v) is 8.08. The lowest BCUT2D eigenvalue weighted by atomic mass is 9.87. The third-order valence-corrected chi connectivity index (χ3v) is 4.50. The Bertz CT molecular complexity index is 467. The largest absolute Gasteiger partial charge is 0.383 e. The SMILES string of the molecule is COCCNC(=O)c1ccc(N(C)C2CCC(C)CC2)nc1. The van der Waals surface area contributed by atoms with E-state index in [2.05, 4.69) is 29.2 Å².